The average Bonchev–Trinajstić information content (AvgIpc) is 2.82. The minimum Gasteiger partial charge on any atom is -0.492 e. The summed E-state index contributed by atoms with van der Waals surface area (Å²) in [4.78, 5) is 14.5. The lowest BCUT2D eigenvalue weighted by Gasteiger charge is -2.33. The highest BCUT2D eigenvalue weighted by Crippen LogP contribution is 2.34. The highest BCUT2D eigenvalue weighted by molar-refractivity contribution is 5.85. The average molecular weight is 246 g/mol. The molecule has 1 amide bonds. The zero-order valence-electron chi connectivity index (χ0n) is 10.6. The molecule has 2 heterocycles. The molecule has 0 spiro atoms. The van der Waals surface area contributed by atoms with Crippen molar-refractivity contribution in [2.24, 2.45) is 0 Å². The van der Waals surface area contributed by atoms with Gasteiger partial charge < -0.3 is 15.0 Å². The van der Waals surface area contributed by atoms with Gasteiger partial charge in [-0.05, 0) is 13.0 Å². The number of carbonyl (C=O) groups excluding carboxylic acids is 1. The van der Waals surface area contributed by atoms with Crippen LogP contribution >= 0.6 is 0 Å². The molecule has 18 heavy (non-hydrogen) atoms. The number of hydrogen-bond acceptors (Lipinski definition) is 3. The second kappa shape index (κ2) is 4.61. The predicted molar refractivity (Wildman–Crippen MR) is 68.7 cm³/mol. The molecule has 0 aliphatic carbocycles. The van der Waals surface area contributed by atoms with Crippen molar-refractivity contribution in [3.8, 4) is 5.75 Å². The van der Waals surface area contributed by atoms with Gasteiger partial charge in [0.25, 0.3) is 0 Å². The highest BCUT2D eigenvalue weighted by Gasteiger charge is 2.34. The van der Waals surface area contributed by atoms with Crippen LogP contribution in [0, 0.1) is 0 Å². The molecule has 4 heteroatoms. The Morgan fingerprint density at radius 1 is 1.44 bits per heavy atom. The van der Waals surface area contributed by atoms with E-state index in [1.807, 2.05) is 29.2 Å². The van der Waals surface area contributed by atoms with Gasteiger partial charge in [-0.3, -0.25) is 4.79 Å². The normalized spacial score (nSPS) is 26.6. The number of benzene rings is 1. The van der Waals surface area contributed by atoms with E-state index in [9.17, 15) is 4.79 Å². The molecule has 1 aromatic rings. The predicted octanol–water partition coefficient (Wildman–Crippen LogP) is 0.983. The Morgan fingerprint density at radius 2 is 2.28 bits per heavy atom. The first-order chi connectivity index (χ1) is 8.75. The lowest BCUT2D eigenvalue weighted by molar-refractivity contribution is -0.134. The van der Waals surface area contributed by atoms with Crippen LogP contribution in [-0.2, 0) is 4.79 Å². The zero-order chi connectivity index (χ0) is 12.5. The molecule has 0 radical (unpaired) electrons. The van der Waals surface area contributed by atoms with E-state index >= 15 is 0 Å². The maximum Gasteiger partial charge on any atom is 0.233 e. The first-order valence-electron chi connectivity index (χ1n) is 6.49. The first-order valence-corrected chi connectivity index (χ1v) is 6.49. The van der Waals surface area contributed by atoms with E-state index in [-0.39, 0.29) is 11.8 Å². The molecular weight excluding hydrogens is 228 g/mol. The highest BCUT2D eigenvalue weighted by atomic mass is 16.5. The Kier molecular flexibility index (Phi) is 2.96. The molecule has 0 unspecified atom stereocenters. The molecule has 1 saturated heterocycles. The Labute approximate surface area is 107 Å². The number of fused-ring (bicyclic) bond motifs is 1. The Bertz CT molecular complexity index is 461. The van der Waals surface area contributed by atoms with Crippen LogP contribution in [0.25, 0.3) is 0 Å². The van der Waals surface area contributed by atoms with Crippen molar-refractivity contribution in [3.05, 3.63) is 29.8 Å². The smallest absolute Gasteiger partial charge is 0.233 e. The molecule has 4 nitrogen and oxygen atoms in total. The third-order valence-corrected chi connectivity index (χ3v) is 3.68. The number of hydrogen-bond donors (Lipinski definition) is 1. The molecular formula is C14H18N2O2. The second-order valence-electron chi connectivity index (χ2n) is 5.04. The summed E-state index contributed by atoms with van der Waals surface area (Å²) in [6.45, 7) is 5.05. The number of nitrogens with one attached hydrogen (secondary N) is 1. The summed E-state index contributed by atoms with van der Waals surface area (Å²) in [6, 6.07) is 8.21. The van der Waals surface area contributed by atoms with E-state index in [0.717, 1.165) is 30.9 Å². The van der Waals surface area contributed by atoms with Crippen molar-refractivity contribution in [2.75, 3.05) is 26.2 Å². The third-order valence-electron chi connectivity index (χ3n) is 3.68. The molecule has 2 aliphatic heterocycles. The number of ether oxygens (including phenoxy) is 1. The lowest BCUT2D eigenvalue weighted by Crippen LogP contribution is -2.52. The van der Waals surface area contributed by atoms with Crippen molar-refractivity contribution in [1.29, 1.82) is 0 Å². The lowest BCUT2D eigenvalue weighted by atomic mass is 9.99. The van der Waals surface area contributed by atoms with Crippen LogP contribution < -0.4 is 10.1 Å². The van der Waals surface area contributed by atoms with E-state index in [1.165, 1.54) is 0 Å². The van der Waals surface area contributed by atoms with Gasteiger partial charge in [-0.2, -0.15) is 0 Å². The van der Waals surface area contributed by atoms with Gasteiger partial charge in [0, 0.05) is 31.2 Å². The summed E-state index contributed by atoms with van der Waals surface area (Å²) in [5.41, 5.74) is 1.04. The van der Waals surface area contributed by atoms with Crippen molar-refractivity contribution < 1.29 is 9.53 Å². The molecule has 0 bridgehead atoms. The van der Waals surface area contributed by atoms with Gasteiger partial charge in [0.2, 0.25) is 5.91 Å². The van der Waals surface area contributed by atoms with Crippen molar-refractivity contribution in [3.63, 3.8) is 0 Å². The van der Waals surface area contributed by atoms with E-state index in [2.05, 4.69) is 12.2 Å². The quantitative estimate of drug-likeness (QED) is 0.803. The van der Waals surface area contributed by atoms with Gasteiger partial charge in [-0.1, -0.05) is 18.2 Å². The van der Waals surface area contributed by atoms with Crippen LogP contribution in [0.5, 0.6) is 5.75 Å². The number of amides is 1. The molecule has 2 atom stereocenters. The number of piperazine rings is 1. The van der Waals surface area contributed by atoms with Crippen LogP contribution in [0.2, 0.25) is 0 Å². The maximum absolute atomic E-state index is 12.5. The number of para-hydroxylation sites is 1. The Balaban J connectivity index is 1.78. The molecule has 0 saturated carbocycles. The fraction of sp³-hybridized carbons (Fsp3) is 0.500. The minimum absolute atomic E-state index is 0.119. The van der Waals surface area contributed by atoms with Crippen molar-refractivity contribution in [1.82, 2.24) is 10.2 Å². The molecule has 1 aromatic carbocycles. The standard InChI is InChI=1S/C14H18N2O2/c1-10-8-16(7-6-15-10)14(17)12-9-18-13-5-3-2-4-11(12)13/h2-5,10,12,15H,6-9H2,1H3/t10-,12-/m1/s1. The molecule has 0 aromatic heterocycles. The largest absolute Gasteiger partial charge is 0.492 e. The summed E-state index contributed by atoms with van der Waals surface area (Å²) in [5, 5.41) is 3.35. The monoisotopic (exact) mass is 246 g/mol. The number of nitrogens with zero attached hydrogens (tertiary/aromatic N) is 1. The summed E-state index contributed by atoms with van der Waals surface area (Å²) in [7, 11) is 0. The van der Waals surface area contributed by atoms with Crippen LogP contribution in [0.3, 0.4) is 0 Å². The molecule has 96 valence electrons. The van der Waals surface area contributed by atoms with Crippen LogP contribution in [0.4, 0.5) is 0 Å². The third kappa shape index (κ3) is 1.97. The van der Waals surface area contributed by atoms with E-state index in [0.29, 0.717) is 12.6 Å². The molecule has 1 fully saturated rings. The summed E-state index contributed by atoms with van der Waals surface area (Å²) in [5.74, 6) is 0.943. The second-order valence-corrected chi connectivity index (χ2v) is 5.04. The van der Waals surface area contributed by atoms with Gasteiger partial charge in [0.15, 0.2) is 0 Å². The van der Waals surface area contributed by atoms with Gasteiger partial charge in [-0.25, -0.2) is 0 Å². The fourth-order valence-electron chi connectivity index (χ4n) is 2.72. The van der Waals surface area contributed by atoms with E-state index in [4.69, 9.17) is 4.74 Å². The van der Waals surface area contributed by atoms with Gasteiger partial charge in [-0.15, -0.1) is 0 Å². The molecule has 2 aliphatic rings. The van der Waals surface area contributed by atoms with Crippen molar-refractivity contribution >= 4 is 5.91 Å². The molecule has 3 rings (SSSR count). The summed E-state index contributed by atoms with van der Waals surface area (Å²) in [6.07, 6.45) is 0. The number of rotatable bonds is 1. The minimum atomic E-state index is -0.119. The van der Waals surface area contributed by atoms with Crippen LogP contribution in [-0.4, -0.2) is 43.1 Å². The van der Waals surface area contributed by atoms with Crippen LogP contribution in [0.1, 0.15) is 18.4 Å². The Hall–Kier alpha value is -1.55. The zero-order valence-corrected chi connectivity index (χ0v) is 10.6. The topological polar surface area (TPSA) is 41.6 Å². The summed E-state index contributed by atoms with van der Waals surface area (Å²) >= 11 is 0. The maximum atomic E-state index is 12.5. The molecule has 1 N–H and O–H groups in total. The van der Waals surface area contributed by atoms with Crippen LogP contribution in [0.15, 0.2) is 24.3 Å². The van der Waals surface area contributed by atoms with Crippen molar-refractivity contribution in [2.45, 2.75) is 18.9 Å². The van der Waals surface area contributed by atoms with E-state index in [1.54, 1.807) is 0 Å². The summed E-state index contributed by atoms with van der Waals surface area (Å²) < 4.78 is 5.59. The first kappa shape index (κ1) is 11.5. The van der Waals surface area contributed by atoms with E-state index < -0.39 is 0 Å². The SMILES string of the molecule is C[C@@H]1CN(C(=O)[C@@H]2COc3ccccc32)CCN1. The van der Waals surface area contributed by atoms with Gasteiger partial charge in [0.05, 0.1) is 0 Å². The number of carbonyl (C=O) groups is 1. The van der Waals surface area contributed by atoms with Gasteiger partial charge >= 0.3 is 0 Å². The fourth-order valence-corrected chi connectivity index (χ4v) is 2.72. The van der Waals surface area contributed by atoms with Gasteiger partial charge in [0.1, 0.15) is 18.3 Å². The Morgan fingerprint density at radius 3 is 3.11 bits per heavy atom.